The monoisotopic (exact) mass is 288 g/mol. The molecule has 1 aliphatic rings. The number of aliphatic hydroxyl groups is 1. The third kappa shape index (κ3) is 2.80. The van der Waals surface area contributed by atoms with Crippen LogP contribution in [-0.4, -0.2) is 53.6 Å². The van der Waals surface area contributed by atoms with Crippen molar-refractivity contribution in [1.29, 1.82) is 0 Å². The van der Waals surface area contributed by atoms with Gasteiger partial charge in [0.15, 0.2) is 0 Å². The van der Waals surface area contributed by atoms with Crippen LogP contribution in [0.2, 0.25) is 0 Å². The second-order valence-electron chi connectivity index (χ2n) is 4.58. The number of H-pyrrole nitrogens is 1. The molecule has 19 heavy (non-hydrogen) atoms. The number of piperidine rings is 1. The van der Waals surface area contributed by atoms with Crippen LogP contribution in [0.4, 0.5) is 0 Å². The lowest BCUT2D eigenvalue weighted by Crippen LogP contribution is -2.39. The largest absolute Gasteiger partial charge is 0.477 e. The van der Waals surface area contributed by atoms with E-state index in [4.69, 9.17) is 10.2 Å². The molecular formula is C11H16N2O5S. The predicted molar refractivity (Wildman–Crippen MR) is 66.3 cm³/mol. The highest BCUT2D eigenvalue weighted by Crippen LogP contribution is 2.23. The summed E-state index contributed by atoms with van der Waals surface area (Å²) >= 11 is 0. The van der Waals surface area contributed by atoms with Crippen LogP contribution in [0.25, 0.3) is 0 Å². The zero-order valence-corrected chi connectivity index (χ0v) is 11.1. The summed E-state index contributed by atoms with van der Waals surface area (Å²) in [6.45, 7) is 0.767. The Labute approximate surface area is 110 Å². The van der Waals surface area contributed by atoms with Gasteiger partial charge in [-0.1, -0.05) is 0 Å². The van der Waals surface area contributed by atoms with Crippen molar-refractivity contribution >= 4 is 16.0 Å². The van der Waals surface area contributed by atoms with E-state index in [0.29, 0.717) is 25.9 Å². The van der Waals surface area contributed by atoms with Gasteiger partial charge < -0.3 is 15.2 Å². The number of aromatic amines is 1. The van der Waals surface area contributed by atoms with E-state index in [9.17, 15) is 13.2 Å². The van der Waals surface area contributed by atoms with E-state index in [1.165, 1.54) is 10.5 Å². The van der Waals surface area contributed by atoms with Crippen LogP contribution in [0.3, 0.4) is 0 Å². The summed E-state index contributed by atoms with van der Waals surface area (Å²) in [5.74, 6) is -1.05. The van der Waals surface area contributed by atoms with Gasteiger partial charge in [0.1, 0.15) is 10.6 Å². The second kappa shape index (κ2) is 5.32. The Morgan fingerprint density at radius 1 is 1.42 bits per heavy atom. The first-order valence-corrected chi connectivity index (χ1v) is 7.42. The first-order chi connectivity index (χ1) is 8.95. The minimum Gasteiger partial charge on any atom is -0.477 e. The molecule has 1 aromatic heterocycles. The number of sulfonamides is 1. The highest BCUT2D eigenvalue weighted by atomic mass is 32.2. The standard InChI is InChI=1S/C11H16N2O5S/c14-7-8-1-3-13(4-2-8)19(17,18)9-5-10(11(15)16)12-6-9/h5-6,8,12,14H,1-4,7H2,(H,15,16). The molecule has 106 valence electrons. The first kappa shape index (κ1) is 14.0. The number of aromatic carboxylic acids is 1. The number of nitrogens with one attached hydrogen (secondary N) is 1. The Hall–Kier alpha value is -1.38. The molecule has 0 radical (unpaired) electrons. The van der Waals surface area contributed by atoms with Gasteiger partial charge in [0.05, 0.1) is 0 Å². The second-order valence-corrected chi connectivity index (χ2v) is 6.52. The zero-order chi connectivity index (χ0) is 14.0. The molecule has 3 N–H and O–H groups in total. The Bertz CT molecular complexity index is 557. The summed E-state index contributed by atoms with van der Waals surface area (Å²) < 4.78 is 25.9. The maximum atomic E-state index is 12.3. The number of hydrogen-bond donors (Lipinski definition) is 3. The van der Waals surface area contributed by atoms with Crippen LogP contribution in [0.15, 0.2) is 17.2 Å². The predicted octanol–water partition coefficient (Wildman–Crippen LogP) is 0.106. The van der Waals surface area contributed by atoms with E-state index in [0.717, 1.165) is 6.07 Å². The molecule has 0 bridgehead atoms. The summed E-state index contributed by atoms with van der Waals surface area (Å²) in [6, 6.07) is 1.12. The van der Waals surface area contributed by atoms with Crippen molar-refractivity contribution < 1.29 is 23.4 Å². The van der Waals surface area contributed by atoms with Crippen LogP contribution < -0.4 is 0 Å². The van der Waals surface area contributed by atoms with Gasteiger partial charge in [-0.15, -0.1) is 0 Å². The maximum absolute atomic E-state index is 12.3. The summed E-state index contributed by atoms with van der Waals surface area (Å²) in [6.07, 6.45) is 2.43. The van der Waals surface area contributed by atoms with Crippen LogP contribution in [-0.2, 0) is 10.0 Å². The first-order valence-electron chi connectivity index (χ1n) is 5.98. The quantitative estimate of drug-likeness (QED) is 0.728. The summed E-state index contributed by atoms with van der Waals surface area (Å²) in [5.41, 5.74) is -0.149. The van der Waals surface area contributed by atoms with E-state index >= 15 is 0 Å². The molecule has 1 aliphatic heterocycles. The fourth-order valence-electron chi connectivity index (χ4n) is 2.13. The lowest BCUT2D eigenvalue weighted by Gasteiger charge is -2.29. The molecule has 1 saturated heterocycles. The van der Waals surface area contributed by atoms with Crippen molar-refractivity contribution in [2.45, 2.75) is 17.7 Å². The fraction of sp³-hybridized carbons (Fsp3) is 0.545. The minimum atomic E-state index is -3.65. The zero-order valence-electron chi connectivity index (χ0n) is 10.2. The number of aromatic nitrogens is 1. The van der Waals surface area contributed by atoms with Gasteiger partial charge in [-0.05, 0) is 24.8 Å². The maximum Gasteiger partial charge on any atom is 0.352 e. The number of carboxylic acid groups (broad SMARTS) is 1. The van der Waals surface area contributed by atoms with Crippen LogP contribution >= 0.6 is 0 Å². The number of rotatable bonds is 4. The van der Waals surface area contributed by atoms with Gasteiger partial charge in [0.25, 0.3) is 0 Å². The lowest BCUT2D eigenvalue weighted by molar-refractivity contribution is 0.0691. The average molecular weight is 288 g/mol. The van der Waals surface area contributed by atoms with Gasteiger partial charge in [0, 0.05) is 25.9 Å². The third-order valence-electron chi connectivity index (χ3n) is 3.36. The fourth-order valence-corrected chi connectivity index (χ4v) is 3.59. The van der Waals surface area contributed by atoms with E-state index in [1.807, 2.05) is 0 Å². The van der Waals surface area contributed by atoms with Crippen LogP contribution in [0.1, 0.15) is 23.3 Å². The van der Waals surface area contributed by atoms with Crippen LogP contribution in [0.5, 0.6) is 0 Å². The molecule has 0 aromatic carbocycles. The number of carbonyl (C=O) groups is 1. The highest BCUT2D eigenvalue weighted by molar-refractivity contribution is 7.89. The van der Waals surface area contributed by atoms with E-state index in [-0.39, 0.29) is 23.1 Å². The number of hydrogen-bond acceptors (Lipinski definition) is 4. The molecule has 0 unspecified atom stereocenters. The molecule has 2 heterocycles. The van der Waals surface area contributed by atoms with E-state index in [1.54, 1.807) is 0 Å². The molecular weight excluding hydrogens is 272 g/mol. The number of aliphatic hydroxyl groups excluding tert-OH is 1. The topological polar surface area (TPSA) is 111 Å². The lowest BCUT2D eigenvalue weighted by atomic mass is 10.00. The summed E-state index contributed by atoms with van der Waals surface area (Å²) in [4.78, 5) is 13.1. The summed E-state index contributed by atoms with van der Waals surface area (Å²) in [7, 11) is -3.65. The normalized spacial score (nSPS) is 18.6. The molecule has 0 saturated carbocycles. The molecule has 1 fully saturated rings. The molecule has 0 spiro atoms. The Morgan fingerprint density at radius 2 is 2.05 bits per heavy atom. The number of nitrogens with zero attached hydrogens (tertiary/aromatic N) is 1. The van der Waals surface area contributed by atoms with Crippen LogP contribution in [0, 0.1) is 5.92 Å². The molecule has 7 nitrogen and oxygen atoms in total. The molecule has 1 aromatic rings. The van der Waals surface area contributed by atoms with Crippen molar-refractivity contribution in [3.63, 3.8) is 0 Å². The van der Waals surface area contributed by atoms with Gasteiger partial charge in [-0.2, -0.15) is 4.31 Å². The average Bonchev–Trinajstić information content (AvgIpc) is 2.89. The molecule has 8 heteroatoms. The molecule has 0 atom stereocenters. The third-order valence-corrected chi connectivity index (χ3v) is 5.23. The van der Waals surface area contributed by atoms with E-state index in [2.05, 4.69) is 4.98 Å². The Morgan fingerprint density at radius 3 is 2.53 bits per heavy atom. The van der Waals surface area contributed by atoms with Crippen molar-refractivity contribution in [2.75, 3.05) is 19.7 Å². The van der Waals surface area contributed by atoms with Gasteiger partial charge in [0.2, 0.25) is 10.0 Å². The highest BCUT2D eigenvalue weighted by Gasteiger charge is 2.30. The van der Waals surface area contributed by atoms with Gasteiger partial charge >= 0.3 is 5.97 Å². The SMILES string of the molecule is O=C(O)c1cc(S(=O)(=O)N2CCC(CO)CC2)c[nH]1. The van der Waals surface area contributed by atoms with Crippen molar-refractivity contribution in [2.24, 2.45) is 5.92 Å². The Kier molecular flexibility index (Phi) is 3.93. The summed E-state index contributed by atoms with van der Waals surface area (Å²) in [5, 5.41) is 17.8. The molecule has 0 aliphatic carbocycles. The van der Waals surface area contributed by atoms with E-state index < -0.39 is 16.0 Å². The minimum absolute atomic E-state index is 0.0349. The van der Waals surface area contributed by atoms with Crippen molar-refractivity contribution in [3.8, 4) is 0 Å². The molecule has 0 amide bonds. The molecule has 2 rings (SSSR count). The van der Waals surface area contributed by atoms with Gasteiger partial charge in [-0.3, -0.25) is 0 Å². The Balaban J connectivity index is 2.16. The number of carboxylic acids is 1. The smallest absolute Gasteiger partial charge is 0.352 e. The van der Waals surface area contributed by atoms with Crippen molar-refractivity contribution in [3.05, 3.63) is 18.0 Å². The van der Waals surface area contributed by atoms with Gasteiger partial charge in [-0.25, -0.2) is 13.2 Å². The van der Waals surface area contributed by atoms with Crippen molar-refractivity contribution in [1.82, 2.24) is 9.29 Å².